The first-order chi connectivity index (χ1) is 9.26. The Hall–Kier alpha value is -1.23. The summed E-state index contributed by atoms with van der Waals surface area (Å²) < 4.78 is 2.31. The predicted molar refractivity (Wildman–Crippen MR) is 84.5 cm³/mol. The summed E-state index contributed by atoms with van der Waals surface area (Å²) in [5.41, 5.74) is 9.30. The predicted octanol–water partition coefficient (Wildman–Crippen LogP) is 4.11. The molecule has 1 aromatic heterocycles. The van der Waals surface area contributed by atoms with Crippen LogP contribution in [0.1, 0.15) is 16.1 Å². The van der Waals surface area contributed by atoms with Crippen LogP contribution < -0.4 is 5.73 Å². The smallest absolute Gasteiger partial charge is 0.0982 e. The first-order valence-electron chi connectivity index (χ1n) is 6.08. The standard InChI is InChI=1S/C15H13BrN2S/c16-12-5-6-13-14(8-12)19-15(18-13)7-10-3-1-2-4-11(10)9-17/h1-6,8H,7,9,17H2. The number of benzene rings is 2. The van der Waals surface area contributed by atoms with Gasteiger partial charge >= 0.3 is 0 Å². The second-order valence-corrected chi connectivity index (χ2v) is 6.40. The normalized spacial score (nSPS) is 11.1. The maximum Gasteiger partial charge on any atom is 0.0982 e. The number of rotatable bonds is 3. The van der Waals surface area contributed by atoms with Crippen molar-refractivity contribution >= 4 is 37.5 Å². The lowest BCUT2D eigenvalue weighted by Gasteiger charge is -2.04. The molecule has 0 aliphatic rings. The van der Waals surface area contributed by atoms with Gasteiger partial charge in [-0.2, -0.15) is 0 Å². The molecule has 19 heavy (non-hydrogen) atoms. The average Bonchev–Trinajstić information content (AvgIpc) is 2.80. The summed E-state index contributed by atoms with van der Waals surface area (Å²) in [6.45, 7) is 0.576. The highest BCUT2D eigenvalue weighted by Crippen LogP contribution is 2.27. The molecule has 0 saturated carbocycles. The topological polar surface area (TPSA) is 38.9 Å². The lowest BCUT2D eigenvalue weighted by molar-refractivity contribution is 1.01. The number of halogens is 1. The van der Waals surface area contributed by atoms with E-state index in [1.165, 1.54) is 15.8 Å². The zero-order valence-electron chi connectivity index (χ0n) is 10.3. The van der Waals surface area contributed by atoms with Crippen molar-refractivity contribution in [1.29, 1.82) is 0 Å². The second-order valence-electron chi connectivity index (χ2n) is 4.37. The zero-order valence-corrected chi connectivity index (χ0v) is 12.7. The van der Waals surface area contributed by atoms with Crippen LogP contribution in [-0.4, -0.2) is 4.98 Å². The molecule has 0 aliphatic carbocycles. The fraction of sp³-hybridized carbons (Fsp3) is 0.133. The molecule has 2 aromatic carbocycles. The largest absolute Gasteiger partial charge is 0.326 e. The molecule has 0 fully saturated rings. The Morgan fingerprint density at radius 3 is 2.68 bits per heavy atom. The fourth-order valence-corrected chi connectivity index (χ4v) is 3.66. The van der Waals surface area contributed by atoms with Crippen molar-refractivity contribution in [3.63, 3.8) is 0 Å². The van der Waals surface area contributed by atoms with E-state index in [-0.39, 0.29) is 0 Å². The Kier molecular flexibility index (Phi) is 3.64. The Balaban J connectivity index is 1.96. The van der Waals surface area contributed by atoms with Gasteiger partial charge in [-0.15, -0.1) is 11.3 Å². The fourth-order valence-electron chi connectivity index (χ4n) is 2.11. The minimum absolute atomic E-state index is 0.576. The van der Waals surface area contributed by atoms with E-state index in [4.69, 9.17) is 5.73 Å². The molecule has 0 aliphatic heterocycles. The third-order valence-electron chi connectivity index (χ3n) is 3.07. The van der Waals surface area contributed by atoms with Gasteiger partial charge < -0.3 is 5.73 Å². The third kappa shape index (κ3) is 2.71. The van der Waals surface area contributed by atoms with Gasteiger partial charge in [0.15, 0.2) is 0 Å². The Morgan fingerprint density at radius 1 is 1.11 bits per heavy atom. The van der Waals surface area contributed by atoms with Gasteiger partial charge in [-0.25, -0.2) is 4.98 Å². The molecule has 2 nitrogen and oxygen atoms in total. The van der Waals surface area contributed by atoms with Crippen molar-refractivity contribution in [1.82, 2.24) is 4.98 Å². The molecule has 3 aromatic rings. The molecule has 0 spiro atoms. The number of nitrogens with two attached hydrogens (primary N) is 1. The molecule has 0 amide bonds. The van der Waals surface area contributed by atoms with Crippen LogP contribution in [0.15, 0.2) is 46.9 Å². The number of thiazole rings is 1. The molecule has 3 rings (SSSR count). The van der Waals surface area contributed by atoms with Gasteiger partial charge in [-0.3, -0.25) is 0 Å². The van der Waals surface area contributed by atoms with Crippen LogP contribution in [0.5, 0.6) is 0 Å². The third-order valence-corrected chi connectivity index (χ3v) is 4.59. The highest BCUT2D eigenvalue weighted by atomic mass is 79.9. The van der Waals surface area contributed by atoms with Crippen molar-refractivity contribution in [3.8, 4) is 0 Å². The van der Waals surface area contributed by atoms with E-state index in [9.17, 15) is 0 Å². The van der Waals surface area contributed by atoms with Crippen LogP contribution in [0.4, 0.5) is 0 Å². The number of hydrogen-bond donors (Lipinski definition) is 1. The summed E-state index contributed by atoms with van der Waals surface area (Å²) in [5.74, 6) is 0. The zero-order chi connectivity index (χ0) is 13.2. The molecule has 96 valence electrons. The molecular weight excluding hydrogens is 320 g/mol. The molecule has 2 N–H and O–H groups in total. The number of fused-ring (bicyclic) bond motifs is 1. The SMILES string of the molecule is NCc1ccccc1Cc1nc2ccc(Br)cc2s1. The van der Waals surface area contributed by atoms with E-state index in [0.717, 1.165) is 21.4 Å². The Bertz CT molecular complexity index is 721. The van der Waals surface area contributed by atoms with Crippen molar-refractivity contribution < 1.29 is 0 Å². The number of hydrogen-bond acceptors (Lipinski definition) is 3. The maximum atomic E-state index is 5.78. The van der Waals surface area contributed by atoms with Gasteiger partial charge in [0.05, 0.1) is 15.2 Å². The monoisotopic (exact) mass is 332 g/mol. The summed E-state index contributed by atoms with van der Waals surface area (Å²) in [7, 11) is 0. The summed E-state index contributed by atoms with van der Waals surface area (Å²) >= 11 is 5.24. The van der Waals surface area contributed by atoms with Crippen molar-refractivity contribution in [2.45, 2.75) is 13.0 Å². The van der Waals surface area contributed by atoms with Gasteiger partial charge in [0, 0.05) is 17.4 Å². The van der Waals surface area contributed by atoms with Crippen LogP contribution in [0, 0.1) is 0 Å². The highest BCUT2D eigenvalue weighted by molar-refractivity contribution is 9.10. The van der Waals surface area contributed by atoms with E-state index in [0.29, 0.717) is 6.54 Å². The van der Waals surface area contributed by atoms with E-state index < -0.39 is 0 Å². The van der Waals surface area contributed by atoms with Gasteiger partial charge in [0.1, 0.15) is 0 Å². The number of nitrogens with zero attached hydrogens (tertiary/aromatic N) is 1. The Morgan fingerprint density at radius 2 is 1.89 bits per heavy atom. The molecular formula is C15H13BrN2S. The van der Waals surface area contributed by atoms with Crippen molar-refractivity contribution in [2.75, 3.05) is 0 Å². The van der Waals surface area contributed by atoms with Gasteiger partial charge in [0.2, 0.25) is 0 Å². The molecule has 1 heterocycles. The van der Waals surface area contributed by atoms with Crippen LogP contribution in [-0.2, 0) is 13.0 Å². The average molecular weight is 333 g/mol. The van der Waals surface area contributed by atoms with Crippen molar-refractivity contribution in [2.24, 2.45) is 5.73 Å². The molecule has 0 unspecified atom stereocenters. The minimum atomic E-state index is 0.576. The summed E-state index contributed by atoms with van der Waals surface area (Å²) in [4.78, 5) is 4.68. The summed E-state index contributed by atoms with van der Waals surface area (Å²) in [5, 5.41) is 1.13. The first kappa shape index (κ1) is 12.8. The van der Waals surface area contributed by atoms with E-state index in [1.807, 2.05) is 18.2 Å². The Labute approximate surface area is 124 Å². The van der Waals surface area contributed by atoms with Crippen LogP contribution in [0.2, 0.25) is 0 Å². The van der Waals surface area contributed by atoms with Crippen molar-refractivity contribution in [3.05, 3.63) is 63.1 Å². The van der Waals surface area contributed by atoms with E-state index in [1.54, 1.807) is 11.3 Å². The van der Waals surface area contributed by atoms with Crippen LogP contribution in [0.25, 0.3) is 10.2 Å². The molecule has 0 radical (unpaired) electrons. The lowest BCUT2D eigenvalue weighted by atomic mass is 10.1. The van der Waals surface area contributed by atoms with Gasteiger partial charge in [-0.05, 0) is 29.3 Å². The molecule has 0 saturated heterocycles. The second kappa shape index (κ2) is 5.41. The maximum absolute atomic E-state index is 5.78. The van der Waals surface area contributed by atoms with E-state index in [2.05, 4.69) is 45.2 Å². The minimum Gasteiger partial charge on any atom is -0.326 e. The van der Waals surface area contributed by atoms with Gasteiger partial charge in [0.25, 0.3) is 0 Å². The lowest BCUT2D eigenvalue weighted by Crippen LogP contribution is -2.01. The molecule has 0 bridgehead atoms. The first-order valence-corrected chi connectivity index (χ1v) is 7.69. The van der Waals surface area contributed by atoms with Crippen LogP contribution in [0.3, 0.4) is 0 Å². The molecule has 4 heteroatoms. The summed E-state index contributed by atoms with van der Waals surface area (Å²) in [6.07, 6.45) is 0.852. The van der Waals surface area contributed by atoms with E-state index >= 15 is 0 Å². The quantitative estimate of drug-likeness (QED) is 0.783. The van der Waals surface area contributed by atoms with Crippen LogP contribution >= 0.6 is 27.3 Å². The molecule has 0 atom stereocenters. The number of aromatic nitrogens is 1. The highest BCUT2D eigenvalue weighted by Gasteiger charge is 2.07. The van der Waals surface area contributed by atoms with Gasteiger partial charge in [-0.1, -0.05) is 40.2 Å². The summed E-state index contributed by atoms with van der Waals surface area (Å²) in [6, 6.07) is 14.5.